The van der Waals surface area contributed by atoms with Crippen LogP contribution in [0.25, 0.3) is 0 Å². The summed E-state index contributed by atoms with van der Waals surface area (Å²) in [7, 11) is 1.62. The lowest BCUT2D eigenvalue weighted by atomic mass is 9.75. The number of benzene rings is 2. The van der Waals surface area contributed by atoms with Crippen LogP contribution in [0.2, 0.25) is 0 Å². The number of hydrogen-bond donors (Lipinski definition) is 1. The Hall–Kier alpha value is -3.02. The highest BCUT2D eigenvalue weighted by molar-refractivity contribution is 5.90. The highest BCUT2D eigenvalue weighted by Gasteiger charge is 2.44. The van der Waals surface area contributed by atoms with E-state index in [-0.39, 0.29) is 12.0 Å². The fraction of sp³-hybridized carbons (Fsp3) is 0.391. The predicted octanol–water partition coefficient (Wildman–Crippen LogP) is 4.12. The first-order valence-corrected chi connectivity index (χ1v) is 9.97. The molecule has 1 saturated heterocycles. The Kier molecular flexibility index (Phi) is 6.75. The summed E-state index contributed by atoms with van der Waals surface area (Å²) >= 11 is 0. The number of carbonyl (C=O) groups excluding carboxylic acids is 2. The highest BCUT2D eigenvalue weighted by Crippen LogP contribution is 2.36. The molecule has 6 nitrogen and oxygen atoms in total. The summed E-state index contributed by atoms with van der Waals surface area (Å²) in [4.78, 5) is 27.5. The maximum absolute atomic E-state index is 13.0. The van der Waals surface area contributed by atoms with Crippen molar-refractivity contribution in [2.24, 2.45) is 5.41 Å². The molecule has 2 aromatic rings. The van der Waals surface area contributed by atoms with E-state index in [2.05, 4.69) is 5.32 Å². The van der Waals surface area contributed by atoms with Crippen LogP contribution in [0.5, 0.6) is 5.75 Å². The van der Waals surface area contributed by atoms with Crippen LogP contribution in [0.15, 0.2) is 54.6 Å². The summed E-state index contributed by atoms with van der Waals surface area (Å²) in [5.41, 5.74) is 0.953. The van der Waals surface area contributed by atoms with E-state index in [1.165, 1.54) is 0 Å². The molecule has 1 aliphatic rings. The Balaban J connectivity index is 1.81. The molecule has 0 saturated carbocycles. The molecule has 1 unspecified atom stereocenters. The molecule has 0 aliphatic carbocycles. The van der Waals surface area contributed by atoms with Crippen LogP contribution in [0.1, 0.15) is 25.3 Å². The molecule has 0 radical (unpaired) electrons. The number of amides is 2. The molecule has 2 amide bonds. The Labute approximate surface area is 171 Å². The number of ether oxygens (including phenoxy) is 2. The first-order valence-electron chi connectivity index (χ1n) is 9.97. The van der Waals surface area contributed by atoms with Gasteiger partial charge in [-0.15, -0.1) is 0 Å². The molecule has 0 aromatic heterocycles. The topological polar surface area (TPSA) is 67.9 Å². The van der Waals surface area contributed by atoms with E-state index in [4.69, 9.17) is 9.47 Å². The molecular formula is C23H28N2O4. The van der Waals surface area contributed by atoms with E-state index < -0.39 is 5.41 Å². The number of nitrogens with one attached hydrogen (secondary N) is 1. The van der Waals surface area contributed by atoms with Gasteiger partial charge in [-0.05, 0) is 56.0 Å². The Bertz CT molecular complexity index is 840. The summed E-state index contributed by atoms with van der Waals surface area (Å²) in [5, 5.41) is 2.92. The van der Waals surface area contributed by atoms with Crippen molar-refractivity contribution in [3.63, 3.8) is 0 Å². The number of nitrogens with zero attached hydrogens (tertiary/aromatic N) is 1. The van der Waals surface area contributed by atoms with Gasteiger partial charge in [0.05, 0.1) is 19.1 Å². The molecule has 6 heteroatoms. The largest absolute Gasteiger partial charge is 0.497 e. The predicted molar refractivity (Wildman–Crippen MR) is 112 cm³/mol. The highest BCUT2D eigenvalue weighted by atomic mass is 16.5. The summed E-state index contributed by atoms with van der Waals surface area (Å²) in [6.45, 7) is 3.05. The first-order chi connectivity index (χ1) is 14.1. The number of urea groups is 1. The van der Waals surface area contributed by atoms with Gasteiger partial charge in [0.15, 0.2) is 0 Å². The second-order valence-corrected chi connectivity index (χ2v) is 7.35. The van der Waals surface area contributed by atoms with Gasteiger partial charge < -0.3 is 19.7 Å². The van der Waals surface area contributed by atoms with Crippen molar-refractivity contribution in [1.82, 2.24) is 4.90 Å². The third-order valence-electron chi connectivity index (χ3n) is 5.27. The first kappa shape index (κ1) is 20.7. The molecule has 3 rings (SSSR count). The third kappa shape index (κ3) is 5.08. The van der Waals surface area contributed by atoms with Gasteiger partial charge in [0.1, 0.15) is 5.75 Å². The molecule has 1 heterocycles. The van der Waals surface area contributed by atoms with Crippen LogP contribution in [0, 0.1) is 5.41 Å². The van der Waals surface area contributed by atoms with Gasteiger partial charge in [0.2, 0.25) is 0 Å². The van der Waals surface area contributed by atoms with Gasteiger partial charge in [-0.1, -0.05) is 30.3 Å². The number of carbonyl (C=O) groups is 2. The lowest BCUT2D eigenvalue weighted by Crippen LogP contribution is -2.52. The Morgan fingerprint density at radius 3 is 2.66 bits per heavy atom. The summed E-state index contributed by atoms with van der Waals surface area (Å²) in [5.74, 6) is 0.496. The molecule has 29 heavy (non-hydrogen) atoms. The van der Waals surface area contributed by atoms with Crippen molar-refractivity contribution in [2.45, 2.75) is 26.2 Å². The molecular weight excluding hydrogens is 368 g/mol. The summed E-state index contributed by atoms with van der Waals surface area (Å²) < 4.78 is 10.8. The Morgan fingerprint density at radius 2 is 1.93 bits per heavy atom. The van der Waals surface area contributed by atoms with Crippen molar-refractivity contribution in [2.75, 3.05) is 32.1 Å². The molecule has 1 atom stereocenters. The normalized spacial score (nSPS) is 18.8. The van der Waals surface area contributed by atoms with Crippen molar-refractivity contribution >= 4 is 17.7 Å². The van der Waals surface area contributed by atoms with Crippen LogP contribution in [-0.4, -0.2) is 43.7 Å². The number of para-hydroxylation sites is 1. The number of hydrogen-bond acceptors (Lipinski definition) is 4. The van der Waals surface area contributed by atoms with Gasteiger partial charge in [0.25, 0.3) is 0 Å². The zero-order valence-corrected chi connectivity index (χ0v) is 17.0. The number of rotatable bonds is 6. The number of piperidine rings is 1. The Morgan fingerprint density at radius 1 is 1.14 bits per heavy atom. The van der Waals surface area contributed by atoms with Crippen molar-refractivity contribution in [3.05, 3.63) is 60.2 Å². The van der Waals surface area contributed by atoms with Crippen LogP contribution in [0.4, 0.5) is 10.5 Å². The molecule has 154 valence electrons. The second-order valence-electron chi connectivity index (χ2n) is 7.35. The molecule has 1 fully saturated rings. The molecule has 0 bridgehead atoms. The molecule has 1 aliphatic heterocycles. The van der Waals surface area contributed by atoms with Crippen molar-refractivity contribution in [3.8, 4) is 5.75 Å². The fourth-order valence-corrected chi connectivity index (χ4v) is 3.87. The molecule has 1 N–H and O–H groups in total. The SMILES string of the molecule is CCOC(=O)C1(Cc2cccc(OC)c2)CCCN(C(=O)Nc2ccccc2)C1. The molecule has 2 aromatic carbocycles. The average molecular weight is 396 g/mol. The fourth-order valence-electron chi connectivity index (χ4n) is 3.87. The summed E-state index contributed by atoms with van der Waals surface area (Å²) in [6, 6.07) is 16.8. The third-order valence-corrected chi connectivity index (χ3v) is 5.27. The quantitative estimate of drug-likeness (QED) is 0.746. The van der Waals surface area contributed by atoms with E-state index in [0.29, 0.717) is 32.5 Å². The van der Waals surface area contributed by atoms with Gasteiger partial charge in [-0.2, -0.15) is 0 Å². The van der Waals surface area contributed by atoms with Gasteiger partial charge in [-0.25, -0.2) is 4.79 Å². The van der Waals surface area contributed by atoms with E-state index in [0.717, 1.165) is 23.4 Å². The van der Waals surface area contributed by atoms with E-state index in [1.54, 1.807) is 18.9 Å². The second kappa shape index (κ2) is 9.45. The minimum absolute atomic E-state index is 0.199. The summed E-state index contributed by atoms with van der Waals surface area (Å²) in [6.07, 6.45) is 1.92. The maximum Gasteiger partial charge on any atom is 0.321 e. The van der Waals surface area contributed by atoms with Crippen molar-refractivity contribution in [1.29, 1.82) is 0 Å². The van der Waals surface area contributed by atoms with E-state index in [9.17, 15) is 9.59 Å². The number of anilines is 1. The zero-order valence-electron chi connectivity index (χ0n) is 17.0. The van der Waals surface area contributed by atoms with Crippen molar-refractivity contribution < 1.29 is 19.1 Å². The van der Waals surface area contributed by atoms with Gasteiger partial charge in [0, 0.05) is 18.8 Å². The minimum Gasteiger partial charge on any atom is -0.497 e. The maximum atomic E-state index is 13.0. The average Bonchev–Trinajstić information content (AvgIpc) is 2.75. The van der Waals surface area contributed by atoms with E-state index in [1.807, 2.05) is 54.6 Å². The van der Waals surface area contributed by atoms with Crippen LogP contribution in [-0.2, 0) is 16.0 Å². The number of esters is 1. The molecule has 0 spiro atoms. The van der Waals surface area contributed by atoms with Crippen LogP contribution < -0.4 is 10.1 Å². The lowest BCUT2D eigenvalue weighted by molar-refractivity contribution is -0.158. The monoisotopic (exact) mass is 396 g/mol. The van der Waals surface area contributed by atoms with Crippen LogP contribution in [0.3, 0.4) is 0 Å². The number of methoxy groups -OCH3 is 1. The number of likely N-dealkylation sites (tertiary alicyclic amines) is 1. The standard InChI is InChI=1S/C23H28N2O4/c1-3-29-21(26)23(16-18-9-7-12-20(15-18)28-2)13-8-14-25(17-23)22(27)24-19-10-5-4-6-11-19/h4-7,9-12,15H,3,8,13-14,16-17H2,1-2H3,(H,24,27). The smallest absolute Gasteiger partial charge is 0.321 e. The van der Waals surface area contributed by atoms with Gasteiger partial charge in [-0.3, -0.25) is 4.79 Å². The minimum atomic E-state index is -0.769. The van der Waals surface area contributed by atoms with E-state index >= 15 is 0 Å². The lowest BCUT2D eigenvalue weighted by Gasteiger charge is -2.41. The van der Waals surface area contributed by atoms with Gasteiger partial charge >= 0.3 is 12.0 Å². The van der Waals surface area contributed by atoms with Crippen LogP contribution >= 0.6 is 0 Å². The zero-order chi connectivity index (χ0) is 20.7.